The van der Waals surface area contributed by atoms with Gasteiger partial charge in [0, 0.05) is 26.7 Å². The van der Waals surface area contributed by atoms with Gasteiger partial charge in [-0.05, 0) is 55.0 Å². The summed E-state index contributed by atoms with van der Waals surface area (Å²) >= 11 is 0. The summed E-state index contributed by atoms with van der Waals surface area (Å²) < 4.78 is 5.33. The minimum absolute atomic E-state index is 0.132. The molecular formula is C17H26N2O2. The molecule has 1 heterocycles. The Labute approximate surface area is 127 Å². The van der Waals surface area contributed by atoms with Crippen molar-refractivity contribution in [1.29, 1.82) is 0 Å². The highest BCUT2D eigenvalue weighted by atomic mass is 16.5. The second-order valence-corrected chi connectivity index (χ2v) is 5.94. The molecule has 1 N–H and O–H groups in total. The molecular weight excluding hydrogens is 264 g/mol. The largest absolute Gasteiger partial charge is 0.380 e. The van der Waals surface area contributed by atoms with E-state index in [1.54, 1.807) is 7.11 Å². The molecule has 21 heavy (non-hydrogen) atoms. The molecule has 0 spiro atoms. The molecule has 116 valence electrons. The van der Waals surface area contributed by atoms with E-state index in [-0.39, 0.29) is 5.91 Å². The molecule has 1 aliphatic heterocycles. The Morgan fingerprint density at radius 2 is 1.95 bits per heavy atom. The third kappa shape index (κ3) is 3.83. The van der Waals surface area contributed by atoms with Crippen LogP contribution in [-0.2, 0) is 22.7 Å². The lowest BCUT2D eigenvalue weighted by atomic mass is 9.93. The van der Waals surface area contributed by atoms with Crippen LogP contribution in [0.25, 0.3) is 0 Å². The first-order chi connectivity index (χ1) is 10.0. The standard InChI is InChI=1S/C17H26N2O2/c1-12-8-13(2)16(11-21-4)14(3)15(12)9-19-7-5-6-18-17(20)10-19/h8H,5-7,9-11H2,1-4H3,(H,18,20). The zero-order valence-corrected chi connectivity index (χ0v) is 13.6. The van der Waals surface area contributed by atoms with Crippen molar-refractivity contribution in [2.75, 3.05) is 26.7 Å². The van der Waals surface area contributed by atoms with Crippen molar-refractivity contribution in [3.63, 3.8) is 0 Å². The Morgan fingerprint density at radius 3 is 2.67 bits per heavy atom. The molecule has 1 amide bonds. The molecule has 4 nitrogen and oxygen atoms in total. The molecule has 0 radical (unpaired) electrons. The molecule has 1 aromatic carbocycles. The average molecular weight is 290 g/mol. The van der Waals surface area contributed by atoms with Crippen LogP contribution in [0.3, 0.4) is 0 Å². The Hall–Kier alpha value is -1.39. The third-order valence-electron chi connectivity index (χ3n) is 4.30. The normalized spacial score (nSPS) is 16.7. The van der Waals surface area contributed by atoms with Gasteiger partial charge in [0.1, 0.15) is 0 Å². The number of methoxy groups -OCH3 is 1. The van der Waals surface area contributed by atoms with E-state index in [4.69, 9.17) is 4.74 Å². The highest BCUT2D eigenvalue weighted by Crippen LogP contribution is 2.24. The first-order valence-electron chi connectivity index (χ1n) is 7.59. The molecule has 0 bridgehead atoms. The lowest BCUT2D eigenvalue weighted by Crippen LogP contribution is -2.33. The van der Waals surface area contributed by atoms with Crippen LogP contribution >= 0.6 is 0 Å². The van der Waals surface area contributed by atoms with E-state index in [0.717, 1.165) is 26.1 Å². The van der Waals surface area contributed by atoms with Crippen molar-refractivity contribution in [2.24, 2.45) is 0 Å². The number of benzene rings is 1. The predicted octanol–water partition coefficient (Wildman–Crippen LogP) is 2.08. The van der Waals surface area contributed by atoms with Gasteiger partial charge in [0.25, 0.3) is 0 Å². The summed E-state index contributed by atoms with van der Waals surface area (Å²) in [6, 6.07) is 2.23. The van der Waals surface area contributed by atoms with Gasteiger partial charge in [-0.15, -0.1) is 0 Å². The lowest BCUT2D eigenvalue weighted by Gasteiger charge is -2.23. The van der Waals surface area contributed by atoms with Gasteiger partial charge in [-0.2, -0.15) is 0 Å². The second-order valence-electron chi connectivity index (χ2n) is 5.94. The first-order valence-corrected chi connectivity index (χ1v) is 7.59. The summed E-state index contributed by atoms with van der Waals surface area (Å²) in [6.07, 6.45) is 1.01. The third-order valence-corrected chi connectivity index (χ3v) is 4.30. The van der Waals surface area contributed by atoms with Gasteiger partial charge in [0.15, 0.2) is 0 Å². The number of hydrogen-bond acceptors (Lipinski definition) is 3. The van der Waals surface area contributed by atoms with E-state index < -0.39 is 0 Å². The maximum absolute atomic E-state index is 11.7. The molecule has 1 saturated heterocycles. The zero-order chi connectivity index (χ0) is 15.4. The van der Waals surface area contributed by atoms with Crippen LogP contribution in [0.5, 0.6) is 0 Å². The van der Waals surface area contributed by atoms with Gasteiger partial charge >= 0.3 is 0 Å². The number of rotatable bonds is 4. The van der Waals surface area contributed by atoms with Crippen molar-refractivity contribution >= 4 is 5.91 Å². The summed E-state index contributed by atoms with van der Waals surface area (Å²) in [7, 11) is 1.73. The molecule has 0 atom stereocenters. The smallest absolute Gasteiger partial charge is 0.234 e. The van der Waals surface area contributed by atoms with Crippen LogP contribution < -0.4 is 5.32 Å². The number of nitrogens with one attached hydrogen (secondary N) is 1. The van der Waals surface area contributed by atoms with Crippen molar-refractivity contribution in [3.05, 3.63) is 33.9 Å². The summed E-state index contributed by atoms with van der Waals surface area (Å²) in [5.41, 5.74) is 6.50. The highest BCUT2D eigenvalue weighted by molar-refractivity contribution is 5.78. The number of amides is 1. The Kier molecular flexibility index (Phi) is 5.37. The van der Waals surface area contributed by atoms with E-state index in [1.807, 2.05) is 0 Å². The summed E-state index contributed by atoms with van der Waals surface area (Å²) in [6.45, 7) is 10.2. The zero-order valence-electron chi connectivity index (χ0n) is 13.6. The van der Waals surface area contributed by atoms with E-state index in [9.17, 15) is 4.79 Å². The quantitative estimate of drug-likeness (QED) is 0.923. The fourth-order valence-corrected chi connectivity index (χ4v) is 3.11. The number of nitrogens with zero attached hydrogens (tertiary/aromatic N) is 1. The van der Waals surface area contributed by atoms with Gasteiger partial charge in [-0.25, -0.2) is 0 Å². The minimum atomic E-state index is 0.132. The van der Waals surface area contributed by atoms with Crippen LogP contribution in [-0.4, -0.2) is 37.6 Å². The minimum Gasteiger partial charge on any atom is -0.380 e. The van der Waals surface area contributed by atoms with Crippen molar-refractivity contribution in [1.82, 2.24) is 10.2 Å². The Morgan fingerprint density at radius 1 is 1.24 bits per heavy atom. The fraction of sp³-hybridized carbons (Fsp3) is 0.588. The van der Waals surface area contributed by atoms with Crippen LogP contribution in [0.1, 0.15) is 34.2 Å². The van der Waals surface area contributed by atoms with Gasteiger partial charge in [-0.1, -0.05) is 6.07 Å². The van der Waals surface area contributed by atoms with E-state index in [1.165, 1.54) is 27.8 Å². The number of carbonyl (C=O) groups is 1. The van der Waals surface area contributed by atoms with Crippen molar-refractivity contribution in [3.8, 4) is 0 Å². The Balaban J connectivity index is 2.26. The van der Waals surface area contributed by atoms with Crippen molar-refractivity contribution < 1.29 is 9.53 Å². The summed E-state index contributed by atoms with van der Waals surface area (Å²) in [5, 5.41) is 2.93. The molecule has 1 aliphatic rings. The Bertz CT molecular complexity index is 526. The summed E-state index contributed by atoms with van der Waals surface area (Å²) in [4.78, 5) is 13.9. The maximum Gasteiger partial charge on any atom is 0.234 e. The van der Waals surface area contributed by atoms with E-state index in [0.29, 0.717) is 13.2 Å². The van der Waals surface area contributed by atoms with Crippen molar-refractivity contribution in [2.45, 2.75) is 40.3 Å². The molecule has 1 aromatic rings. The van der Waals surface area contributed by atoms with Crippen LogP contribution in [0.2, 0.25) is 0 Å². The van der Waals surface area contributed by atoms with Crippen LogP contribution in [0, 0.1) is 20.8 Å². The van der Waals surface area contributed by atoms with Crippen LogP contribution in [0.15, 0.2) is 6.07 Å². The lowest BCUT2D eigenvalue weighted by molar-refractivity contribution is -0.121. The number of ether oxygens (including phenoxy) is 1. The predicted molar refractivity (Wildman–Crippen MR) is 84.3 cm³/mol. The van der Waals surface area contributed by atoms with Gasteiger partial charge in [0.05, 0.1) is 13.2 Å². The summed E-state index contributed by atoms with van der Waals surface area (Å²) in [5.74, 6) is 0.132. The molecule has 4 heteroatoms. The number of carbonyl (C=O) groups excluding carboxylic acids is 1. The molecule has 0 unspecified atom stereocenters. The SMILES string of the molecule is COCc1c(C)cc(C)c(CN2CCCNC(=O)C2)c1C. The molecule has 0 saturated carbocycles. The first kappa shape index (κ1) is 16.0. The van der Waals surface area contributed by atoms with Gasteiger partial charge in [-0.3, -0.25) is 9.69 Å². The molecule has 1 fully saturated rings. The number of aryl methyl sites for hydroxylation is 2. The fourth-order valence-electron chi connectivity index (χ4n) is 3.11. The monoisotopic (exact) mass is 290 g/mol. The maximum atomic E-state index is 11.7. The second kappa shape index (κ2) is 7.05. The molecule has 0 aliphatic carbocycles. The van der Waals surface area contributed by atoms with Gasteiger partial charge in [0.2, 0.25) is 5.91 Å². The average Bonchev–Trinajstić information content (AvgIpc) is 2.63. The number of hydrogen-bond donors (Lipinski definition) is 1. The molecule has 2 rings (SSSR count). The topological polar surface area (TPSA) is 41.6 Å². The van der Waals surface area contributed by atoms with E-state index in [2.05, 4.69) is 37.1 Å². The molecule has 0 aromatic heterocycles. The van der Waals surface area contributed by atoms with Gasteiger partial charge < -0.3 is 10.1 Å². The highest BCUT2D eigenvalue weighted by Gasteiger charge is 2.18. The van der Waals surface area contributed by atoms with E-state index >= 15 is 0 Å². The van der Waals surface area contributed by atoms with Crippen LogP contribution in [0.4, 0.5) is 0 Å².